The molecular weight excluding hydrogens is 420 g/mol. The quantitative estimate of drug-likeness (QED) is 0.441. The van der Waals surface area contributed by atoms with E-state index >= 15 is 0 Å². The van der Waals surface area contributed by atoms with Crippen LogP contribution in [0.4, 0.5) is 5.13 Å². The number of nitrogens with one attached hydrogen (secondary N) is 1. The van der Waals surface area contributed by atoms with E-state index in [9.17, 15) is 14.4 Å². The van der Waals surface area contributed by atoms with Crippen LogP contribution in [0.25, 0.3) is 11.0 Å². The Bertz CT molecular complexity index is 1210. The molecule has 162 valence electrons. The van der Waals surface area contributed by atoms with Crippen molar-refractivity contribution in [3.05, 3.63) is 50.3 Å². The summed E-state index contributed by atoms with van der Waals surface area (Å²) >= 11 is 1.07. The third kappa shape index (κ3) is 4.32. The van der Waals surface area contributed by atoms with Crippen molar-refractivity contribution in [2.45, 2.75) is 39.5 Å². The Labute approximate surface area is 182 Å². The SMILES string of the molecule is CCOC(=O)c1sc(NC(=O)COc2ccc3c4c(c(=O)oc3c2)CCC4)nc1CC. The van der Waals surface area contributed by atoms with Crippen molar-refractivity contribution in [2.24, 2.45) is 0 Å². The van der Waals surface area contributed by atoms with Crippen LogP contribution in [0.1, 0.15) is 46.8 Å². The van der Waals surface area contributed by atoms with Crippen LogP contribution in [0.2, 0.25) is 0 Å². The average Bonchev–Trinajstić information content (AvgIpc) is 3.40. The van der Waals surface area contributed by atoms with Crippen LogP contribution < -0.4 is 15.7 Å². The van der Waals surface area contributed by atoms with E-state index in [1.165, 1.54) is 0 Å². The Balaban J connectivity index is 1.43. The van der Waals surface area contributed by atoms with E-state index in [0.717, 1.165) is 47.1 Å². The largest absolute Gasteiger partial charge is 0.484 e. The molecule has 0 bridgehead atoms. The standard InChI is InChI=1S/C22H22N2O6S/c1-3-16-19(21(27)28-4-2)31-22(23-16)24-18(25)11-29-12-8-9-14-13-6-5-7-15(13)20(26)30-17(14)10-12/h8-10H,3-7,11H2,1-2H3,(H,23,24,25). The number of aryl methyl sites for hydroxylation is 2. The lowest BCUT2D eigenvalue weighted by Gasteiger charge is -2.08. The molecule has 1 amide bonds. The van der Waals surface area contributed by atoms with Gasteiger partial charge in [0.2, 0.25) is 0 Å². The number of ether oxygens (including phenoxy) is 2. The van der Waals surface area contributed by atoms with Crippen LogP contribution in [0.3, 0.4) is 0 Å². The van der Waals surface area contributed by atoms with Gasteiger partial charge in [-0.25, -0.2) is 14.6 Å². The molecule has 0 atom stereocenters. The number of thiazole rings is 1. The fourth-order valence-electron chi connectivity index (χ4n) is 3.66. The highest BCUT2D eigenvalue weighted by Gasteiger charge is 2.21. The van der Waals surface area contributed by atoms with Crippen LogP contribution >= 0.6 is 11.3 Å². The molecule has 0 aliphatic heterocycles. The Morgan fingerprint density at radius 1 is 1.23 bits per heavy atom. The Morgan fingerprint density at radius 2 is 2.03 bits per heavy atom. The van der Waals surface area contributed by atoms with Crippen molar-refractivity contribution in [3.63, 3.8) is 0 Å². The molecule has 8 nitrogen and oxygen atoms in total. The fourth-order valence-corrected chi connectivity index (χ4v) is 4.62. The van der Waals surface area contributed by atoms with E-state index in [1.807, 2.05) is 13.0 Å². The van der Waals surface area contributed by atoms with E-state index < -0.39 is 11.9 Å². The maximum absolute atomic E-state index is 12.3. The lowest BCUT2D eigenvalue weighted by Crippen LogP contribution is -2.20. The van der Waals surface area contributed by atoms with Gasteiger partial charge in [0.25, 0.3) is 5.91 Å². The third-order valence-electron chi connectivity index (χ3n) is 5.05. The molecule has 2 aromatic heterocycles. The molecule has 1 N–H and O–H groups in total. The second kappa shape index (κ2) is 8.89. The zero-order valence-corrected chi connectivity index (χ0v) is 18.1. The molecule has 9 heteroatoms. The van der Waals surface area contributed by atoms with Crippen molar-refractivity contribution < 1.29 is 23.5 Å². The number of benzene rings is 1. The van der Waals surface area contributed by atoms with E-state index in [4.69, 9.17) is 13.9 Å². The summed E-state index contributed by atoms with van der Waals surface area (Å²) in [5.41, 5.74) is 2.54. The van der Waals surface area contributed by atoms with Crippen molar-refractivity contribution in [1.29, 1.82) is 0 Å². The summed E-state index contributed by atoms with van der Waals surface area (Å²) in [6, 6.07) is 5.24. The molecule has 31 heavy (non-hydrogen) atoms. The smallest absolute Gasteiger partial charge is 0.350 e. The summed E-state index contributed by atoms with van der Waals surface area (Å²) in [4.78, 5) is 41.1. The first-order valence-electron chi connectivity index (χ1n) is 10.2. The van der Waals surface area contributed by atoms with Gasteiger partial charge in [-0.15, -0.1) is 0 Å². The van der Waals surface area contributed by atoms with Crippen molar-refractivity contribution in [2.75, 3.05) is 18.5 Å². The van der Waals surface area contributed by atoms with E-state index in [2.05, 4.69) is 10.3 Å². The molecule has 3 aromatic rings. The van der Waals surface area contributed by atoms with Gasteiger partial charge < -0.3 is 13.9 Å². The summed E-state index contributed by atoms with van der Waals surface area (Å²) in [5, 5.41) is 3.87. The summed E-state index contributed by atoms with van der Waals surface area (Å²) in [6.07, 6.45) is 3.11. The number of hydrogen-bond donors (Lipinski definition) is 1. The predicted molar refractivity (Wildman–Crippen MR) is 116 cm³/mol. The average molecular weight is 442 g/mol. The summed E-state index contributed by atoms with van der Waals surface area (Å²) < 4.78 is 16.0. The highest BCUT2D eigenvalue weighted by Crippen LogP contribution is 2.30. The monoisotopic (exact) mass is 442 g/mol. The van der Waals surface area contributed by atoms with Gasteiger partial charge in [-0.2, -0.15) is 0 Å². The molecule has 1 aromatic carbocycles. The van der Waals surface area contributed by atoms with Gasteiger partial charge in [0.1, 0.15) is 16.2 Å². The van der Waals surface area contributed by atoms with Crippen molar-refractivity contribution in [3.8, 4) is 5.75 Å². The summed E-state index contributed by atoms with van der Waals surface area (Å²) in [5.74, 6) is -0.440. The Kier molecular flexibility index (Phi) is 6.03. The van der Waals surface area contributed by atoms with Gasteiger partial charge in [-0.3, -0.25) is 10.1 Å². The third-order valence-corrected chi connectivity index (χ3v) is 6.05. The molecule has 1 aliphatic rings. The number of amides is 1. The second-order valence-corrected chi connectivity index (χ2v) is 8.06. The van der Waals surface area contributed by atoms with Gasteiger partial charge in [-0.05, 0) is 50.3 Å². The molecule has 0 saturated heterocycles. The van der Waals surface area contributed by atoms with Crippen molar-refractivity contribution >= 4 is 39.3 Å². The molecule has 0 fully saturated rings. The van der Waals surface area contributed by atoms with Gasteiger partial charge in [0, 0.05) is 17.0 Å². The zero-order chi connectivity index (χ0) is 22.0. The number of esters is 1. The van der Waals surface area contributed by atoms with Crippen molar-refractivity contribution in [1.82, 2.24) is 4.98 Å². The fraction of sp³-hybridized carbons (Fsp3) is 0.364. The minimum atomic E-state index is -0.447. The predicted octanol–water partition coefficient (Wildman–Crippen LogP) is 3.49. The maximum Gasteiger partial charge on any atom is 0.350 e. The molecule has 0 spiro atoms. The Hall–Kier alpha value is -3.20. The highest BCUT2D eigenvalue weighted by atomic mass is 32.1. The topological polar surface area (TPSA) is 108 Å². The molecule has 2 heterocycles. The number of aromatic nitrogens is 1. The zero-order valence-electron chi connectivity index (χ0n) is 17.3. The number of carbonyl (C=O) groups excluding carboxylic acids is 2. The highest BCUT2D eigenvalue weighted by molar-refractivity contribution is 7.17. The molecule has 1 aliphatic carbocycles. The first kappa shape index (κ1) is 21.0. The first-order valence-corrected chi connectivity index (χ1v) is 11.0. The normalized spacial score (nSPS) is 12.6. The van der Waals surface area contributed by atoms with Gasteiger partial charge in [-0.1, -0.05) is 18.3 Å². The Morgan fingerprint density at radius 3 is 2.81 bits per heavy atom. The molecule has 0 radical (unpaired) electrons. The summed E-state index contributed by atoms with van der Waals surface area (Å²) in [7, 11) is 0. The van der Waals surface area contributed by atoms with Crippen LogP contribution in [-0.4, -0.2) is 30.1 Å². The summed E-state index contributed by atoms with van der Waals surface area (Å²) in [6.45, 7) is 3.62. The number of hydrogen-bond acceptors (Lipinski definition) is 8. The van der Waals surface area contributed by atoms with E-state index in [1.54, 1.807) is 19.1 Å². The molecule has 4 rings (SSSR count). The number of anilines is 1. The van der Waals surface area contributed by atoms with Gasteiger partial charge >= 0.3 is 11.6 Å². The minimum Gasteiger partial charge on any atom is -0.484 e. The maximum atomic E-state index is 12.3. The number of carbonyl (C=O) groups is 2. The molecule has 0 saturated carbocycles. The molecule has 0 unspecified atom stereocenters. The number of rotatable bonds is 7. The number of fused-ring (bicyclic) bond motifs is 3. The van der Waals surface area contributed by atoms with Gasteiger partial charge in [0.05, 0.1) is 12.3 Å². The second-order valence-electron chi connectivity index (χ2n) is 7.06. The first-order chi connectivity index (χ1) is 15.0. The van der Waals surface area contributed by atoms with Crippen LogP contribution in [-0.2, 0) is 28.8 Å². The lowest BCUT2D eigenvalue weighted by molar-refractivity contribution is -0.118. The van der Waals surface area contributed by atoms with Crippen LogP contribution in [0.5, 0.6) is 5.75 Å². The van der Waals surface area contributed by atoms with E-state index in [0.29, 0.717) is 33.5 Å². The van der Waals surface area contributed by atoms with Gasteiger partial charge in [0.15, 0.2) is 11.7 Å². The number of nitrogens with zero attached hydrogens (tertiary/aromatic N) is 1. The van der Waals surface area contributed by atoms with E-state index in [-0.39, 0.29) is 18.8 Å². The lowest BCUT2D eigenvalue weighted by atomic mass is 10.1. The van der Waals surface area contributed by atoms with Crippen LogP contribution in [0, 0.1) is 0 Å². The van der Waals surface area contributed by atoms with Crippen LogP contribution in [0.15, 0.2) is 27.4 Å². The molecular formula is C22H22N2O6S. The minimum absolute atomic E-state index is 0.254.